The van der Waals surface area contributed by atoms with Crippen molar-refractivity contribution in [1.82, 2.24) is 5.32 Å². The fourth-order valence-electron chi connectivity index (χ4n) is 1.94. The second-order valence-corrected chi connectivity index (χ2v) is 5.65. The van der Waals surface area contributed by atoms with Gasteiger partial charge in [0.2, 0.25) is 0 Å². The van der Waals surface area contributed by atoms with E-state index < -0.39 is 0 Å². The third kappa shape index (κ3) is 4.07. The van der Waals surface area contributed by atoms with E-state index in [-0.39, 0.29) is 0 Å². The summed E-state index contributed by atoms with van der Waals surface area (Å²) in [6.45, 7) is 5.69. The van der Waals surface area contributed by atoms with Crippen LogP contribution in [0.5, 0.6) is 11.5 Å². The molecule has 0 aliphatic carbocycles. The van der Waals surface area contributed by atoms with Crippen LogP contribution in [0.25, 0.3) is 0 Å². The van der Waals surface area contributed by atoms with E-state index in [9.17, 15) is 5.26 Å². The Morgan fingerprint density at radius 2 is 2.00 bits per heavy atom. The minimum Gasteiger partial charge on any atom is -0.456 e. The maximum Gasteiger partial charge on any atom is 0.145 e. The average Bonchev–Trinajstić information content (AvgIpc) is 2.49. The van der Waals surface area contributed by atoms with Crippen LogP contribution in [-0.4, -0.2) is 6.54 Å². The lowest BCUT2D eigenvalue weighted by molar-refractivity contribution is 0.476. The van der Waals surface area contributed by atoms with Crippen molar-refractivity contribution in [3.05, 3.63) is 57.6 Å². The molecule has 0 saturated carbocycles. The number of aryl methyl sites for hydroxylation is 1. The van der Waals surface area contributed by atoms with E-state index in [4.69, 9.17) is 4.74 Å². The van der Waals surface area contributed by atoms with Crippen LogP contribution in [-0.2, 0) is 6.54 Å². The molecule has 0 aromatic heterocycles. The molecule has 0 aliphatic heterocycles. The van der Waals surface area contributed by atoms with Gasteiger partial charge in [-0.1, -0.05) is 35.0 Å². The second-order valence-electron chi connectivity index (χ2n) is 4.73. The molecular weight excluding hydrogens is 328 g/mol. The van der Waals surface area contributed by atoms with E-state index in [1.165, 1.54) is 0 Å². The van der Waals surface area contributed by atoms with E-state index in [0.717, 1.165) is 34.4 Å². The van der Waals surface area contributed by atoms with Gasteiger partial charge in [-0.25, -0.2) is 0 Å². The van der Waals surface area contributed by atoms with Crippen molar-refractivity contribution in [1.29, 1.82) is 5.26 Å². The lowest BCUT2D eigenvalue weighted by Gasteiger charge is -2.11. The molecular formula is C17H17BrN2O. The molecule has 3 nitrogen and oxygen atoms in total. The summed E-state index contributed by atoms with van der Waals surface area (Å²) in [6.07, 6.45) is 0. The summed E-state index contributed by atoms with van der Waals surface area (Å²) in [5, 5.41) is 12.6. The molecule has 0 aliphatic rings. The van der Waals surface area contributed by atoms with Crippen molar-refractivity contribution in [3.8, 4) is 17.6 Å². The summed E-state index contributed by atoms with van der Waals surface area (Å²) in [6, 6.07) is 13.7. The highest BCUT2D eigenvalue weighted by Crippen LogP contribution is 2.30. The molecule has 2 aromatic carbocycles. The summed E-state index contributed by atoms with van der Waals surface area (Å²) in [5.74, 6) is 1.33. The smallest absolute Gasteiger partial charge is 0.145 e. The molecule has 0 unspecified atom stereocenters. The molecule has 0 saturated heterocycles. The Labute approximate surface area is 133 Å². The van der Waals surface area contributed by atoms with Crippen LogP contribution in [0.15, 0.2) is 40.9 Å². The zero-order chi connectivity index (χ0) is 15.2. The quantitative estimate of drug-likeness (QED) is 0.866. The second kappa shape index (κ2) is 7.26. The van der Waals surface area contributed by atoms with Crippen LogP contribution in [0, 0.1) is 18.3 Å². The maximum atomic E-state index is 9.31. The average molecular weight is 345 g/mol. The van der Waals surface area contributed by atoms with Crippen LogP contribution in [0.2, 0.25) is 0 Å². The van der Waals surface area contributed by atoms with Crippen LogP contribution < -0.4 is 10.1 Å². The number of benzene rings is 2. The molecule has 21 heavy (non-hydrogen) atoms. The molecule has 0 spiro atoms. The van der Waals surface area contributed by atoms with Crippen molar-refractivity contribution in [2.75, 3.05) is 6.54 Å². The molecule has 0 radical (unpaired) electrons. The summed E-state index contributed by atoms with van der Waals surface area (Å²) in [4.78, 5) is 0. The number of ether oxygens (including phenoxy) is 1. The first-order valence-corrected chi connectivity index (χ1v) is 7.61. The van der Waals surface area contributed by atoms with E-state index in [0.29, 0.717) is 11.3 Å². The third-order valence-electron chi connectivity index (χ3n) is 3.11. The van der Waals surface area contributed by atoms with Crippen LogP contribution in [0.3, 0.4) is 0 Å². The van der Waals surface area contributed by atoms with Gasteiger partial charge < -0.3 is 10.1 Å². The molecule has 108 valence electrons. The molecule has 4 heteroatoms. The number of nitrogens with one attached hydrogen (secondary N) is 1. The number of halogens is 1. The van der Waals surface area contributed by atoms with Gasteiger partial charge in [-0.3, -0.25) is 0 Å². The Hall–Kier alpha value is -1.83. The van der Waals surface area contributed by atoms with Crippen molar-refractivity contribution in [3.63, 3.8) is 0 Å². The number of hydrogen-bond acceptors (Lipinski definition) is 3. The highest BCUT2D eigenvalue weighted by atomic mass is 79.9. The van der Waals surface area contributed by atoms with E-state index >= 15 is 0 Å². The Balaban J connectivity index is 2.27. The third-order valence-corrected chi connectivity index (χ3v) is 3.61. The van der Waals surface area contributed by atoms with Crippen molar-refractivity contribution in [2.45, 2.75) is 20.4 Å². The predicted octanol–water partition coefficient (Wildman–Crippen LogP) is 4.53. The number of nitriles is 1. The predicted molar refractivity (Wildman–Crippen MR) is 87.5 cm³/mol. The topological polar surface area (TPSA) is 45.0 Å². The van der Waals surface area contributed by atoms with Crippen molar-refractivity contribution >= 4 is 15.9 Å². The zero-order valence-corrected chi connectivity index (χ0v) is 13.7. The van der Waals surface area contributed by atoms with Crippen LogP contribution in [0.1, 0.15) is 23.6 Å². The van der Waals surface area contributed by atoms with Gasteiger partial charge in [0.1, 0.15) is 17.6 Å². The van der Waals surface area contributed by atoms with E-state index in [2.05, 4.69) is 34.2 Å². The largest absolute Gasteiger partial charge is 0.456 e. The molecule has 1 N–H and O–H groups in total. The summed E-state index contributed by atoms with van der Waals surface area (Å²) < 4.78 is 6.85. The number of hydrogen-bond donors (Lipinski definition) is 1. The Bertz CT molecular complexity index is 677. The fraction of sp³-hybridized carbons (Fsp3) is 0.235. The molecule has 2 rings (SSSR count). The first-order valence-electron chi connectivity index (χ1n) is 6.81. The summed E-state index contributed by atoms with van der Waals surface area (Å²) in [5.41, 5.74) is 2.65. The first-order chi connectivity index (χ1) is 10.1. The number of nitrogens with zero attached hydrogens (tertiary/aromatic N) is 1. The van der Waals surface area contributed by atoms with E-state index in [1.54, 1.807) is 0 Å². The number of rotatable bonds is 5. The summed E-state index contributed by atoms with van der Waals surface area (Å²) >= 11 is 3.43. The van der Waals surface area contributed by atoms with Gasteiger partial charge in [0.05, 0.1) is 5.56 Å². The van der Waals surface area contributed by atoms with Gasteiger partial charge in [0.25, 0.3) is 0 Å². The van der Waals surface area contributed by atoms with Gasteiger partial charge >= 0.3 is 0 Å². The normalized spacial score (nSPS) is 10.2. The van der Waals surface area contributed by atoms with E-state index in [1.807, 2.05) is 43.3 Å². The SMILES string of the molecule is CCNCc1ccc(Oc2cc(Br)ccc2C)c(C#N)c1. The standard InChI is InChI=1S/C17H17BrN2O/c1-3-20-11-13-5-7-16(14(8-13)10-19)21-17-9-15(18)6-4-12(17)2/h4-9,20H,3,11H2,1-2H3. The van der Waals surface area contributed by atoms with Gasteiger partial charge in [-0.15, -0.1) is 0 Å². The highest BCUT2D eigenvalue weighted by molar-refractivity contribution is 9.10. The molecule has 2 aromatic rings. The highest BCUT2D eigenvalue weighted by Gasteiger charge is 2.08. The first kappa shape index (κ1) is 15.6. The lowest BCUT2D eigenvalue weighted by Crippen LogP contribution is -2.11. The van der Waals surface area contributed by atoms with Crippen molar-refractivity contribution in [2.24, 2.45) is 0 Å². The van der Waals surface area contributed by atoms with Gasteiger partial charge in [-0.2, -0.15) is 5.26 Å². The zero-order valence-electron chi connectivity index (χ0n) is 12.1. The lowest BCUT2D eigenvalue weighted by atomic mass is 10.1. The molecule has 0 heterocycles. The molecule has 0 bridgehead atoms. The van der Waals surface area contributed by atoms with Gasteiger partial charge in [0.15, 0.2) is 0 Å². The summed E-state index contributed by atoms with van der Waals surface area (Å²) in [7, 11) is 0. The van der Waals surface area contributed by atoms with Crippen LogP contribution >= 0.6 is 15.9 Å². The van der Waals surface area contributed by atoms with Gasteiger partial charge in [0, 0.05) is 11.0 Å². The van der Waals surface area contributed by atoms with Gasteiger partial charge in [-0.05, 0) is 48.9 Å². The minimum absolute atomic E-state index is 0.546. The molecule has 0 fully saturated rings. The molecule has 0 amide bonds. The Morgan fingerprint density at radius 1 is 1.19 bits per heavy atom. The monoisotopic (exact) mass is 344 g/mol. The Morgan fingerprint density at radius 3 is 2.71 bits per heavy atom. The van der Waals surface area contributed by atoms with Crippen molar-refractivity contribution < 1.29 is 4.74 Å². The Kier molecular flexibility index (Phi) is 5.38. The van der Waals surface area contributed by atoms with Crippen LogP contribution in [0.4, 0.5) is 0 Å². The molecule has 0 atom stereocenters. The fourth-order valence-corrected chi connectivity index (χ4v) is 2.28. The minimum atomic E-state index is 0.546. The maximum absolute atomic E-state index is 9.31.